The number of rotatable bonds is 6. The van der Waals surface area contributed by atoms with Crippen molar-refractivity contribution in [1.29, 1.82) is 0 Å². The van der Waals surface area contributed by atoms with Gasteiger partial charge in [-0.3, -0.25) is 14.2 Å². The molecule has 0 saturated carbocycles. The molecule has 3 aromatic rings. The minimum absolute atomic E-state index is 0.183. The lowest BCUT2D eigenvalue weighted by Gasteiger charge is -2.15. The van der Waals surface area contributed by atoms with E-state index in [-0.39, 0.29) is 18.3 Å². The minimum atomic E-state index is -0.708. The average Bonchev–Trinajstić information content (AvgIpc) is 2.72. The van der Waals surface area contributed by atoms with Crippen LogP contribution in [0.25, 0.3) is 5.69 Å². The van der Waals surface area contributed by atoms with Crippen molar-refractivity contribution in [2.75, 3.05) is 0 Å². The van der Waals surface area contributed by atoms with Gasteiger partial charge in [-0.05, 0) is 43.2 Å². The monoisotopic (exact) mass is 412 g/mol. The molecule has 0 radical (unpaired) electrons. The highest BCUT2D eigenvalue weighted by Crippen LogP contribution is 2.13. The summed E-state index contributed by atoms with van der Waals surface area (Å²) in [5.41, 5.74) is -0.349. The molecule has 150 valence electrons. The fourth-order valence-corrected chi connectivity index (χ4v) is 3.04. The fourth-order valence-electron chi connectivity index (χ4n) is 2.92. The van der Waals surface area contributed by atoms with Gasteiger partial charge < -0.3 is 5.32 Å². The smallest absolute Gasteiger partial charge is 0.344 e. The Morgan fingerprint density at radius 1 is 1.10 bits per heavy atom. The van der Waals surface area contributed by atoms with Crippen LogP contribution in [-0.2, 0) is 6.54 Å². The maximum Gasteiger partial charge on any atom is 0.352 e. The molecule has 8 heteroatoms. The number of nitrogens with one attached hydrogen (secondary N) is 1. The lowest BCUT2D eigenvalue weighted by Crippen LogP contribution is -2.46. The summed E-state index contributed by atoms with van der Waals surface area (Å²) < 4.78 is 2.08. The quantitative estimate of drug-likeness (QED) is 0.674. The van der Waals surface area contributed by atoms with Gasteiger partial charge in [-0.15, -0.1) is 0 Å². The number of halogens is 1. The predicted molar refractivity (Wildman–Crippen MR) is 112 cm³/mol. The molecule has 1 atom stereocenters. The fraction of sp³-hybridized carbons (Fsp3) is 0.238. The summed E-state index contributed by atoms with van der Waals surface area (Å²) in [6.07, 6.45) is 0.557. The standard InChI is InChI=1S/C21H21ClN4O3/c1-3-13-25-20(28)18(19(27)23-14(2)15-7-5-4-6-8-15)24-26(21(25)29)17-11-9-16(22)10-12-17/h4-12,14H,3,13H2,1-2H3,(H,23,27). The Morgan fingerprint density at radius 2 is 1.76 bits per heavy atom. The first-order valence-electron chi connectivity index (χ1n) is 9.28. The minimum Gasteiger partial charge on any atom is -0.344 e. The van der Waals surface area contributed by atoms with Crippen molar-refractivity contribution in [3.63, 3.8) is 0 Å². The van der Waals surface area contributed by atoms with Crippen LogP contribution in [-0.4, -0.2) is 20.3 Å². The first kappa shape index (κ1) is 20.5. The molecule has 1 unspecified atom stereocenters. The molecule has 29 heavy (non-hydrogen) atoms. The maximum atomic E-state index is 12.8. The number of amides is 1. The van der Waals surface area contributed by atoms with Crippen LogP contribution in [0.15, 0.2) is 64.2 Å². The van der Waals surface area contributed by atoms with Crippen molar-refractivity contribution in [3.05, 3.63) is 91.7 Å². The van der Waals surface area contributed by atoms with Crippen LogP contribution in [0.2, 0.25) is 5.02 Å². The summed E-state index contributed by atoms with van der Waals surface area (Å²) in [5, 5.41) is 7.35. The second-order valence-electron chi connectivity index (χ2n) is 6.58. The molecule has 1 aromatic heterocycles. The highest BCUT2D eigenvalue weighted by Gasteiger charge is 2.21. The molecule has 1 amide bonds. The predicted octanol–water partition coefficient (Wildman–Crippen LogP) is 2.95. The Kier molecular flexibility index (Phi) is 6.29. The van der Waals surface area contributed by atoms with Gasteiger partial charge >= 0.3 is 5.69 Å². The highest BCUT2D eigenvalue weighted by atomic mass is 35.5. The van der Waals surface area contributed by atoms with Gasteiger partial charge in [0, 0.05) is 11.6 Å². The molecule has 0 spiro atoms. The molecule has 0 saturated heterocycles. The van der Waals surface area contributed by atoms with Crippen LogP contribution in [0.5, 0.6) is 0 Å². The van der Waals surface area contributed by atoms with Crippen molar-refractivity contribution >= 4 is 17.5 Å². The zero-order valence-corrected chi connectivity index (χ0v) is 16.9. The molecule has 7 nitrogen and oxygen atoms in total. The third-order valence-corrected chi connectivity index (χ3v) is 4.69. The Morgan fingerprint density at radius 3 is 2.38 bits per heavy atom. The van der Waals surface area contributed by atoms with Crippen molar-refractivity contribution < 1.29 is 4.79 Å². The van der Waals surface area contributed by atoms with Crippen molar-refractivity contribution in [2.24, 2.45) is 0 Å². The first-order valence-corrected chi connectivity index (χ1v) is 9.66. The lowest BCUT2D eigenvalue weighted by atomic mass is 10.1. The number of benzene rings is 2. The Balaban J connectivity index is 2.05. The van der Waals surface area contributed by atoms with Crippen molar-refractivity contribution in [3.8, 4) is 5.69 Å². The highest BCUT2D eigenvalue weighted by molar-refractivity contribution is 6.30. The number of carbonyl (C=O) groups excluding carboxylic acids is 1. The van der Waals surface area contributed by atoms with Gasteiger partial charge in [0.2, 0.25) is 5.69 Å². The van der Waals surface area contributed by atoms with Gasteiger partial charge in [0.05, 0.1) is 11.7 Å². The van der Waals surface area contributed by atoms with E-state index < -0.39 is 17.2 Å². The topological polar surface area (TPSA) is 86.0 Å². The van der Waals surface area contributed by atoms with Gasteiger partial charge in [0.1, 0.15) is 0 Å². The third-order valence-electron chi connectivity index (χ3n) is 4.44. The number of hydrogen-bond donors (Lipinski definition) is 1. The van der Waals surface area contributed by atoms with Gasteiger partial charge in [0.15, 0.2) is 0 Å². The summed E-state index contributed by atoms with van der Waals surface area (Å²) in [4.78, 5) is 38.4. The van der Waals surface area contributed by atoms with E-state index in [0.29, 0.717) is 17.1 Å². The maximum absolute atomic E-state index is 12.8. The van der Waals surface area contributed by atoms with Crippen LogP contribution in [0, 0.1) is 0 Å². The first-order chi connectivity index (χ1) is 13.9. The number of aromatic nitrogens is 3. The van der Waals surface area contributed by atoms with Crippen LogP contribution in [0.3, 0.4) is 0 Å². The summed E-state index contributed by atoms with van der Waals surface area (Å²) in [5.74, 6) is -0.640. The largest absolute Gasteiger partial charge is 0.352 e. The van der Waals surface area contributed by atoms with E-state index in [4.69, 9.17) is 11.6 Å². The van der Waals surface area contributed by atoms with Crippen LogP contribution >= 0.6 is 11.6 Å². The molecule has 0 aliphatic heterocycles. The van der Waals surface area contributed by atoms with Crippen LogP contribution in [0.1, 0.15) is 42.4 Å². The van der Waals surface area contributed by atoms with E-state index in [1.54, 1.807) is 24.3 Å². The molecule has 2 aromatic carbocycles. The normalized spacial score (nSPS) is 11.8. The van der Waals surface area contributed by atoms with Gasteiger partial charge in [0.25, 0.3) is 11.5 Å². The second-order valence-corrected chi connectivity index (χ2v) is 7.02. The van der Waals surface area contributed by atoms with Crippen LogP contribution < -0.4 is 16.6 Å². The molecule has 3 rings (SSSR count). The van der Waals surface area contributed by atoms with Crippen molar-refractivity contribution in [2.45, 2.75) is 32.9 Å². The molecule has 0 bridgehead atoms. The molecular formula is C21H21ClN4O3. The van der Waals surface area contributed by atoms with E-state index in [2.05, 4.69) is 10.4 Å². The summed E-state index contributed by atoms with van der Waals surface area (Å²) in [6, 6.07) is 15.5. The molecule has 1 N–H and O–H groups in total. The van der Waals surface area contributed by atoms with E-state index in [1.807, 2.05) is 44.2 Å². The van der Waals surface area contributed by atoms with Gasteiger partial charge in [-0.25, -0.2) is 4.79 Å². The van der Waals surface area contributed by atoms with E-state index in [1.165, 1.54) is 0 Å². The SMILES string of the molecule is CCCn1c(=O)c(C(=O)NC(C)c2ccccc2)nn(-c2ccc(Cl)cc2)c1=O. The number of nitrogens with zero attached hydrogens (tertiary/aromatic N) is 3. The Bertz CT molecular complexity index is 1120. The average molecular weight is 413 g/mol. The molecule has 0 aliphatic carbocycles. The van der Waals surface area contributed by atoms with E-state index in [0.717, 1.165) is 14.8 Å². The van der Waals surface area contributed by atoms with E-state index in [9.17, 15) is 14.4 Å². The van der Waals surface area contributed by atoms with Crippen molar-refractivity contribution in [1.82, 2.24) is 19.7 Å². The molecule has 1 heterocycles. The zero-order chi connectivity index (χ0) is 21.0. The Labute approximate surface area is 172 Å². The molecule has 0 fully saturated rings. The number of carbonyl (C=O) groups is 1. The van der Waals surface area contributed by atoms with E-state index >= 15 is 0 Å². The van der Waals surface area contributed by atoms with Gasteiger partial charge in [-0.2, -0.15) is 9.78 Å². The third kappa shape index (κ3) is 4.46. The molecular weight excluding hydrogens is 392 g/mol. The summed E-state index contributed by atoms with van der Waals surface area (Å²) >= 11 is 5.92. The Hall–Kier alpha value is -3.19. The lowest BCUT2D eigenvalue weighted by molar-refractivity contribution is 0.0930. The van der Waals surface area contributed by atoms with Gasteiger partial charge in [-0.1, -0.05) is 48.9 Å². The van der Waals surface area contributed by atoms with Crippen LogP contribution in [0.4, 0.5) is 0 Å². The molecule has 0 aliphatic rings. The summed E-state index contributed by atoms with van der Waals surface area (Å²) in [7, 11) is 0. The zero-order valence-electron chi connectivity index (χ0n) is 16.1. The number of hydrogen-bond acceptors (Lipinski definition) is 4. The second kappa shape index (κ2) is 8.87. The summed E-state index contributed by atoms with van der Waals surface area (Å²) in [6.45, 7) is 3.84.